The molecule has 0 atom stereocenters. The van der Waals surface area contributed by atoms with Gasteiger partial charge in [0.25, 0.3) is 11.1 Å². The Morgan fingerprint density at radius 2 is 2.05 bits per heavy atom. The summed E-state index contributed by atoms with van der Waals surface area (Å²) in [5, 5.41) is 2.45. The van der Waals surface area contributed by atoms with Gasteiger partial charge < -0.3 is 14.2 Å². The van der Waals surface area contributed by atoms with Crippen LogP contribution in [0.1, 0.15) is 11.1 Å². The van der Waals surface area contributed by atoms with Crippen LogP contribution < -0.4 is 14.8 Å². The molecule has 19 heavy (non-hydrogen) atoms. The molecule has 1 amide bonds. The van der Waals surface area contributed by atoms with Gasteiger partial charge in [0.05, 0.1) is 14.2 Å². The average molecular weight is 279 g/mol. The fraction of sp³-hybridized carbons (Fsp3) is 0.231. The highest BCUT2D eigenvalue weighted by Crippen LogP contribution is 2.32. The van der Waals surface area contributed by atoms with E-state index in [1.165, 1.54) is 0 Å². The first-order chi connectivity index (χ1) is 9.06. The van der Waals surface area contributed by atoms with Crippen molar-refractivity contribution in [3.05, 3.63) is 29.0 Å². The first-order valence-electron chi connectivity index (χ1n) is 5.53. The number of hydrogen-bond donors (Lipinski definition) is 1. The van der Waals surface area contributed by atoms with Gasteiger partial charge in [-0.1, -0.05) is 0 Å². The summed E-state index contributed by atoms with van der Waals surface area (Å²) in [6, 6.07) is 3.59. The summed E-state index contributed by atoms with van der Waals surface area (Å²) in [7, 11) is 3.15. The van der Waals surface area contributed by atoms with Crippen molar-refractivity contribution in [2.45, 2.75) is 6.92 Å². The molecule has 0 saturated carbocycles. The van der Waals surface area contributed by atoms with Crippen LogP contribution in [0.3, 0.4) is 0 Å². The van der Waals surface area contributed by atoms with Crippen LogP contribution >= 0.6 is 12.2 Å². The number of thiocarbonyl (C=S) groups is 1. The molecule has 1 aliphatic heterocycles. The predicted octanol–water partition coefficient (Wildman–Crippen LogP) is 1.78. The zero-order valence-electron chi connectivity index (χ0n) is 10.8. The molecule has 0 spiro atoms. The van der Waals surface area contributed by atoms with Gasteiger partial charge in [-0.25, -0.2) is 0 Å². The van der Waals surface area contributed by atoms with Gasteiger partial charge >= 0.3 is 0 Å². The van der Waals surface area contributed by atoms with Crippen LogP contribution in [0, 0.1) is 6.92 Å². The molecule has 1 aliphatic rings. The van der Waals surface area contributed by atoms with E-state index in [9.17, 15) is 4.79 Å². The third-order valence-corrected chi connectivity index (χ3v) is 2.92. The molecule has 0 unspecified atom stereocenters. The molecule has 1 saturated heterocycles. The van der Waals surface area contributed by atoms with E-state index < -0.39 is 0 Å². The maximum atomic E-state index is 11.5. The third-order valence-electron chi connectivity index (χ3n) is 2.74. The predicted molar refractivity (Wildman–Crippen MR) is 74.1 cm³/mol. The van der Waals surface area contributed by atoms with Gasteiger partial charge in [0.15, 0.2) is 5.76 Å². The number of hydrogen-bond acceptors (Lipinski definition) is 5. The van der Waals surface area contributed by atoms with Gasteiger partial charge in [-0.15, -0.1) is 0 Å². The van der Waals surface area contributed by atoms with Crippen LogP contribution in [-0.4, -0.2) is 25.3 Å². The first kappa shape index (κ1) is 13.4. The van der Waals surface area contributed by atoms with Gasteiger partial charge in [-0.3, -0.25) is 10.1 Å². The van der Waals surface area contributed by atoms with Crippen LogP contribution in [-0.2, 0) is 9.53 Å². The molecule has 6 heteroatoms. The van der Waals surface area contributed by atoms with Crippen molar-refractivity contribution in [1.29, 1.82) is 0 Å². The minimum Gasteiger partial charge on any atom is -0.496 e. The summed E-state index contributed by atoms with van der Waals surface area (Å²) < 4.78 is 15.7. The van der Waals surface area contributed by atoms with Crippen molar-refractivity contribution < 1.29 is 19.0 Å². The lowest BCUT2D eigenvalue weighted by Gasteiger charge is -2.12. The van der Waals surface area contributed by atoms with Crippen LogP contribution in [0.5, 0.6) is 11.5 Å². The molecule has 100 valence electrons. The highest BCUT2D eigenvalue weighted by Gasteiger charge is 2.24. The van der Waals surface area contributed by atoms with Gasteiger partial charge in [-0.2, -0.15) is 0 Å². The van der Waals surface area contributed by atoms with Crippen molar-refractivity contribution in [1.82, 2.24) is 5.32 Å². The second kappa shape index (κ2) is 5.27. The van der Waals surface area contributed by atoms with E-state index in [4.69, 9.17) is 26.4 Å². The average Bonchev–Trinajstić information content (AvgIpc) is 2.68. The van der Waals surface area contributed by atoms with E-state index >= 15 is 0 Å². The summed E-state index contributed by atoms with van der Waals surface area (Å²) in [5.74, 6) is 1.13. The minimum atomic E-state index is -0.361. The van der Waals surface area contributed by atoms with Gasteiger partial charge in [0.1, 0.15) is 11.5 Å². The highest BCUT2D eigenvalue weighted by molar-refractivity contribution is 7.80. The zero-order valence-corrected chi connectivity index (χ0v) is 11.6. The van der Waals surface area contributed by atoms with Crippen molar-refractivity contribution in [2.75, 3.05) is 14.2 Å². The molecule has 1 heterocycles. The first-order valence-corrected chi connectivity index (χ1v) is 5.94. The summed E-state index contributed by atoms with van der Waals surface area (Å²) in [4.78, 5) is 11.5. The van der Waals surface area contributed by atoms with E-state index in [0.29, 0.717) is 11.5 Å². The molecular weight excluding hydrogens is 266 g/mol. The topological polar surface area (TPSA) is 56.8 Å². The zero-order chi connectivity index (χ0) is 14.0. The Hall–Kier alpha value is -2.08. The maximum absolute atomic E-state index is 11.5. The lowest BCUT2D eigenvalue weighted by molar-refractivity contribution is -0.116. The van der Waals surface area contributed by atoms with Gasteiger partial charge in [-0.05, 0) is 37.4 Å². The fourth-order valence-electron chi connectivity index (χ4n) is 1.86. The Morgan fingerprint density at radius 3 is 2.58 bits per heavy atom. The highest BCUT2D eigenvalue weighted by atomic mass is 32.1. The SMILES string of the molecule is COc1ccc(C=C2OC(=S)NC2=O)c(OC)c1C. The molecule has 1 aromatic carbocycles. The number of carbonyl (C=O) groups is 1. The van der Waals surface area contributed by atoms with E-state index in [2.05, 4.69) is 5.32 Å². The quantitative estimate of drug-likeness (QED) is 0.675. The Kier molecular flexibility index (Phi) is 3.71. The number of benzene rings is 1. The maximum Gasteiger partial charge on any atom is 0.294 e. The Balaban J connectivity index is 2.46. The molecule has 1 aromatic rings. The summed E-state index contributed by atoms with van der Waals surface area (Å²) in [6.45, 7) is 1.87. The molecule has 5 nitrogen and oxygen atoms in total. The van der Waals surface area contributed by atoms with Crippen molar-refractivity contribution in [3.63, 3.8) is 0 Å². The molecular formula is C13H13NO4S. The number of rotatable bonds is 3. The second-order valence-electron chi connectivity index (χ2n) is 3.87. The number of amides is 1. The monoisotopic (exact) mass is 279 g/mol. The van der Waals surface area contributed by atoms with E-state index in [-0.39, 0.29) is 16.8 Å². The normalized spacial score (nSPS) is 16.3. The van der Waals surface area contributed by atoms with Gasteiger partial charge in [0, 0.05) is 11.1 Å². The fourth-order valence-corrected chi connectivity index (χ4v) is 2.05. The lowest BCUT2D eigenvalue weighted by atomic mass is 10.1. The van der Waals surface area contributed by atoms with Crippen LogP contribution in [0.15, 0.2) is 17.9 Å². The summed E-state index contributed by atoms with van der Waals surface area (Å²) in [6.07, 6.45) is 1.58. The molecule has 1 fully saturated rings. The number of methoxy groups -OCH3 is 2. The molecule has 0 radical (unpaired) electrons. The molecule has 2 rings (SSSR count). The minimum absolute atomic E-state index is 0.0560. The second-order valence-corrected chi connectivity index (χ2v) is 4.24. The summed E-state index contributed by atoms with van der Waals surface area (Å²) >= 11 is 4.77. The number of nitrogens with one attached hydrogen (secondary N) is 1. The van der Waals surface area contributed by atoms with E-state index in [1.807, 2.05) is 6.92 Å². The van der Waals surface area contributed by atoms with Crippen molar-refractivity contribution in [3.8, 4) is 11.5 Å². The van der Waals surface area contributed by atoms with E-state index in [0.717, 1.165) is 11.1 Å². The van der Waals surface area contributed by atoms with Crippen molar-refractivity contribution in [2.24, 2.45) is 0 Å². The largest absolute Gasteiger partial charge is 0.496 e. The Bertz CT molecular complexity index is 580. The third kappa shape index (κ3) is 2.53. The van der Waals surface area contributed by atoms with Crippen molar-refractivity contribution >= 4 is 29.4 Å². The Morgan fingerprint density at radius 1 is 1.32 bits per heavy atom. The number of carbonyl (C=O) groups excluding carboxylic acids is 1. The lowest BCUT2D eigenvalue weighted by Crippen LogP contribution is -2.18. The van der Waals surface area contributed by atoms with Crippen LogP contribution in [0.2, 0.25) is 0 Å². The standard InChI is InChI=1S/C13H13NO4S/c1-7-9(16-2)5-4-8(11(7)17-3)6-10-12(15)14-13(19)18-10/h4-6H,1-3H3,(H,14,15,19). The Labute approximate surface area is 116 Å². The molecule has 0 aliphatic carbocycles. The smallest absolute Gasteiger partial charge is 0.294 e. The van der Waals surface area contributed by atoms with Crippen LogP contribution in [0.25, 0.3) is 6.08 Å². The summed E-state index contributed by atoms with van der Waals surface area (Å²) in [5.41, 5.74) is 1.57. The number of ether oxygens (including phenoxy) is 3. The van der Waals surface area contributed by atoms with Gasteiger partial charge in [0.2, 0.25) is 0 Å². The van der Waals surface area contributed by atoms with E-state index in [1.54, 1.807) is 32.4 Å². The molecule has 0 bridgehead atoms. The molecule has 1 N–H and O–H groups in total. The molecule has 0 aromatic heterocycles. The van der Waals surface area contributed by atoms with Crippen LogP contribution in [0.4, 0.5) is 0 Å².